The molecule has 0 aliphatic heterocycles. The number of hydrogen-bond acceptors (Lipinski definition) is 18. The Hall–Kier alpha value is -3.94. The van der Waals surface area contributed by atoms with Crippen LogP contribution >= 0.6 is 0 Å². The van der Waals surface area contributed by atoms with Crippen LogP contribution in [0.25, 0.3) is 0 Å². The fourth-order valence-corrected chi connectivity index (χ4v) is 14.0. The summed E-state index contributed by atoms with van der Waals surface area (Å²) >= 11 is 0. The van der Waals surface area contributed by atoms with Crippen molar-refractivity contribution >= 4 is 35.8 Å². The number of hydrogen-bond donors (Lipinski definition) is 3. The van der Waals surface area contributed by atoms with E-state index in [0.29, 0.717) is 78.0 Å². The van der Waals surface area contributed by atoms with Crippen molar-refractivity contribution in [3.8, 4) is 0 Å². The van der Waals surface area contributed by atoms with Gasteiger partial charge in [0.2, 0.25) is 0 Å². The first kappa shape index (κ1) is 114. The largest absolute Gasteiger partial charge is 0.469 e. The molecule has 0 aliphatic rings. The minimum atomic E-state index is -0.121. The van der Waals surface area contributed by atoms with E-state index in [1.807, 2.05) is 12.2 Å². The smallest absolute Gasteiger partial charge is 0.306 e. The molecule has 0 radical (unpaired) electrons. The van der Waals surface area contributed by atoms with Gasteiger partial charge in [0.05, 0.1) is 47.3 Å². The molecule has 0 atom stereocenters. The summed E-state index contributed by atoms with van der Waals surface area (Å²) < 4.78 is 30.7. The van der Waals surface area contributed by atoms with Crippen molar-refractivity contribution in [2.24, 2.45) is 0 Å². The van der Waals surface area contributed by atoms with Crippen LogP contribution in [0.2, 0.25) is 0 Å². The molecule has 0 saturated carbocycles. The van der Waals surface area contributed by atoms with Gasteiger partial charge in [-0.15, -0.1) is 0 Å². The zero-order valence-corrected chi connectivity index (χ0v) is 75.5. The van der Waals surface area contributed by atoms with Gasteiger partial charge in [0.25, 0.3) is 0 Å². The van der Waals surface area contributed by atoms with Gasteiger partial charge in [-0.3, -0.25) is 28.8 Å². The van der Waals surface area contributed by atoms with Gasteiger partial charge in [0.15, 0.2) is 0 Å². The SMILES string of the molecule is CCCCCC/C=C\COC(=O)CCCCCN(CCO)CCCCCC(=O)OC/C=C\CCCCCC.CCCCCCCCCCCOC(=O)CCCCCN(CCO)CCCCCC(=O)OCCCCCCCCCCC.COC(=O)CCCCCCCCCCCN(CCO)CCCCCCCCCCCC(=O)OC. The second-order valence-corrected chi connectivity index (χ2v) is 32.1. The Labute approximate surface area is 701 Å². The number of aliphatic hydroxyl groups is 3. The Morgan fingerprint density at radius 2 is 0.412 bits per heavy atom. The van der Waals surface area contributed by atoms with Crippen LogP contribution in [-0.2, 0) is 57.2 Å². The summed E-state index contributed by atoms with van der Waals surface area (Å²) in [5, 5.41) is 28.1. The van der Waals surface area contributed by atoms with E-state index in [9.17, 15) is 44.1 Å². The zero-order valence-electron chi connectivity index (χ0n) is 75.5. The molecule has 0 aromatic rings. The van der Waals surface area contributed by atoms with E-state index in [1.165, 1.54) is 245 Å². The Morgan fingerprint density at radius 3 is 0.649 bits per heavy atom. The maximum Gasteiger partial charge on any atom is 0.306 e. The van der Waals surface area contributed by atoms with Crippen LogP contribution in [0.5, 0.6) is 0 Å². The lowest BCUT2D eigenvalue weighted by Crippen LogP contribution is -2.29. The number of aliphatic hydroxyl groups excluding tert-OH is 3. The molecule has 18 heteroatoms. The minimum Gasteiger partial charge on any atom is -0.469 e. The van der Waals surface area contributed by atoms with Crippen molar-refractivity contribution < 1.29 is 72.5 Å². The molecule has 0 aromatic heterocycles. The average molecular weight is 1620 g/mol. The molecule has 0 rings (SSSR count). The van der Waals surface area contributed by atoms with Gasteiger partial charge in [-0.1, -0.05) is 309 Å². The predicted molar refractivity (Wildman–Crippen MR) is 475 cm³/mol. The molecule has 0 saturated heterocycles. The van der Waals surface area contributed by atoms with Crippen molar-refractivity contribution in [1.29, 1.82) is 0 Å². The van der Waals surface area contributed by atoms with Crippen molar-refractivity contribution in [2.45, 2.75) is 439 Å². The summed E-state index contributed by atoms with van der Waals surface area (Å²) in [7, 11) is 2.91. The third-order valence-electron chi connectivity index (χ3n) is 21.3. The Kier molecular flexibility index (Phi) is 99.8. The van der Waals surface area contributed by atoms with Gasteiger partial charge in [-0.05, 0) is 155 Å². The number of allylic oxidation sites excluding steroid dienone is 2. The lowest BCUT2D eigenvalue weighted by molar-refractivity contribution is -0.144. The minimum absolute atomic E-state index is 0.0616. The summed E-state index contributed by atoms with van der Waals surface area (Å²) in [5.74, 6) is -0.546. The van der Waals surface area contributed by atoms with Crippen LogP contribution < -0.4 is 0 Å². The van der Waals surface area contributed by atoms with Gasteiger partial charge >= 0.3 is 35.8 Å². The van der Waals surface area contributed by atoms with Gasteiger partial charge in [0.1, 0.15) is 13.2 Å². The number of ether oxygens (including phenoxy) is 6. The Morgan fingerprint density at radius 1 is 0.219 bits per heavy atom. The van der Waals surface area contributed by atoms with Crippen LogP contribution in [0.3, 0.4) is 0 Å². The first-order valence-corrected chi connectivity index (χ1v) is 48.0. The third kappa shape index (κ3) is 96.9. The highest BCUT2D eigenvalue weighted by Gasteiger charge is 2.12. The molecule has 0 fully saturated rings. The molecule has 0 aliphatic carbocycles. The second-order valence-electron chi connectivity index (χ2n) is 32.1. The molecule has 0 amide bonds. The normalized spacial score (nSPS) is 11.4. The molecular formula is C96H185N3O15. The number of carbonyl (C=O) groups excluding carboxylic acids is 6. The van der Waals surface area contributed by atoms with Gasteiger partial charge in [0, 0.05) is 58.2 Å². The monoisotopic (exact) mass is 1620 g/mol. The topological polar surface area (TPSA) is 228 Å². The fourth-order valence-electron chi connectivity index (χ4n) is 14.0. The first-order chi connectivity index (χ1) is 55.9. The summed E-state index contributed by atoms with van der Waals surface area (Å²) in [5.41, 5.74) is 0. The molecule has 0 bridgehead atoms. The number of rotatable bonds is 88. The van der Waals surface area contributed by atoms with E-state index in [0.717, 1.165) is 187 Å². The fraction of sp³-hybridized carbons (Fsp3) is 0.896. The maximum atomic E-state index is 12.0. The summed E-state index contributed by atoms with van der Waals surface area (Å²) in [6.45, 7) is 19.5. The molecule has 3 N–H and O–H groups in total. The molecular weight excluding hydrogens is 1440 g/mol. The predicted octanol–water partition coefficient (Wildman–Crippen LogP) is 23.5. The molecule has 18 nitrogen and oxygen atoms in total. The maximum absolute atomic E-state index is 12.0. The van der Waals surface area contributed by atoms with E-state index < -0.39 is 0 Å². The van der Waals surface area contributed by atoms with Crippen LogP contribution in [0.15, 0.2) is 24.3 Å². The first-order valence-electron chi connectivity index (χ1n) is 48.0. The van der Waals surface area contributed by atoms with Crippen molar-refractivity contribution in [1.82, 2.24) is 14.7 Å². The van der Waals surface area contributed by atoms with Crippen LogP contribution in [-0.4, -0.2) is 185 Å². The second kappa shape index (κ2) is 99.6. The molecule has 0 heterocycles. The molecule has 674 valence electrons. The van der Waals surface area contributed by atoms with E-state index in [2.05, 4.69) is 64.0 Å². The molecule has 0 unspecified atom stereocenters. The highest BCUT2D eigenvalue weighted by Crippen LogP contribution is 2.18. The number of nitrogens with zero attached hydrogens (tertiary/aromatic N) is 3. The van der Waals surface area contributed by atoms with Crippen molar-refractivity contribution in [3.05, 3.63) is 24.3 Å². The number of methoxy groups -OCH3 is 2. The van der Waals surface area contributed by atoms with Gasteiger partial charge in [-0.2, -0.15) is 0 Å². The standard InChI is InChI=1S/C36H71NO5.C32H59NO5.C28H55NO5/c1-3-5-7-9-11-13-15-17-25-33-41-35(39)27-21-19-23-29-37(31-32-38)30-24-20-22-28-36(40)42-34-26-18-16-14-12-10-8-6-4-2;1-3-5-7-9-11-13-21-29-37-31(35)23-17-15-19-25-33(27-28-34)26-20-16-18-24-32(36)38-30-22-14-12-10-8-6-4-2;1-33-27(31)21-17-13-9-5-3-7-11-15-19-23-29(25-26-30)24-20-16-12-8-4-6-10-14-18-22-28(32)34-2/h38H,3-34H2,1-2H3;13-14,21-22,34H,3-12,15-20,23-30H2,1-2H3;30H,3-26H2,1-2H3/b;21-13-,22-14-;. The number of esters is 6. The number of carbonyl (C=O) groups is 6. The van der Waals surface area contributed by atoms with Crippen LogP contribution in [0.4, 0.5) is 0 Å². The molecule has 0 spiro atoms. The Balaban J connectivity index is -0.00000163. The summed E-state index contributed by atoms with van der Waals surface area (Å²) in [6, 6.07) is 0. The van der Waals surface area contributed by atoms with Crippen molar-refractivity contribution in [2.75, 3.05) is 119 Å². The third-order valence-corrected chi connectivity index (χ3v) is 21.3. The quantitative estimate of drug-likeness (QED) is 0.0222. The van der Waals surface area contributed by atoms with E-state index in [-0.39, 0.29) is 55.6 Å². The van der Waals surface area contributed by atoms with Gasteiger partial charge < -0.3 is 58.4 Å². The molecule has 0 aromatic carbocycles. The van der Waals surface area contributed by atoms with Crippen LogP contribution in [0.1, 0.15) is 439 Å². The van der Waals surface area contributed by atoms with Crippen molar-refractivity contribution in [3.63, 3.8) is 0 Å². The summed E-state index contributed by atoms with van der Waals surface area (Å²) in [4.78, 5) is 76.8. The highest BCUT2D eigenvalue weighted by molar-refractivity contribution is 5.71. The highest BCUT2D eigenvalue weighted by atomic mass is 16.5. The summed E-state index contributed by atoms with van der Waals surface area (Å²) in [6.07, 6.45) is 79.6. The lowest BCUT2D eigenvalue weighted by atomic mass is 10.1. The molecule has 114 heavy (non-hydrogen) atoms. The van der Waals surface area contributed by atoms with E-state index in [1.54, 1.807) is 0 Å². The van der Waals surface area contributed by atoms with E-state index in [4.69, 9.17) is 18.9 Å². The average Bonchev–Trinajstić information content (AvgIpc) is 1.03. The van der Waals surface area contributed by atoms with E-state index >= 15 is 0 Å². The number of unbranched alkanes of at least 4 members (excludes halogenated alkanes) is 48. The lowest BCUT2D eigenvalue weighted by Gasteiger charge is -2.21. The zero-order chi connectivity index (χ0) is 83.8. The van der Waals surface area contributed by atoms with Gasteiger partial charge in [-0.25, -0.2) is 0 Å². The Bertz CT molecular complexity index is 1930. The van der Waals surface area contributed by atoms with Crippen LogP contribution in [0, 0.1) is 0 Å².